The van der Waals surface area contributed by atoms with Gasteiger partial charge in [0.05, 0.1) is 0 Å². The van der Waals surface area contributed by atoms with Crippen LogP contribution in [0.15, 0.2) is 18.2 Å². The van der Waals surface area contributed by atoms with Crippen LogP contribution < -0.4 is 0 Å². The first-order valence-corrected chi connectivity index (χ1v) is 4.14. The fourth-order valence-electron chi connectivity index (χ4n) is 1.01. The minimum Gasteiger partial charge on any atom is -0.508 e. The maximum Gasteiger partial charge on any atom is 0.125 e. The molecule has 0 saturated heterocycles. The molecule has 12 heavy (non-hydrogen) atoms. The Hall–Kier alpha value is -0.760. The Labute approximate surface area is 75.8 Å². The van der Waals surface area contributed by atoms with Crippen LogP contribution in [0.4, 0.5) is 4.39 Å². The summed E-state index contributed by atoms with van der Waals surface area (Å²) in [5.41, 5.74) is 0.433. The highest BCUT2D eigenvalue weighted by Crippen LogP contribution is 2.27. The standard InChI is InChI=1S/C9H10ClFO/c1-2-9(11)6-3-7(10)5-8(12)4-6/h3-5,9,12H,2H2,1H3. The Balaban J connectivity index is 3.00. The molecule has 0 spiro atoms. The molecular weight excluding hydrogens is 179 g/mol. The van der Waals surface area contributed by atoms with Gasteiger partial charge >= 0.3 is 0 Å². The minimum absolute atomic E-state index is 0.00796. The summed E-state index contributed by atoms with van der Waals surface area (Å²) in [6, 6.07) is 4.29. The second-order valence-electron chi connectivity index (χ2n) is 2.62. The van der Waals surface area contributed by atoms with Crippen LogP contribution in [0, 0.1) is 0 Å². The second-order valence-corrected chi connectivity index (χ2v) is 3.05. The molecule has 0 amide bonds. The zero-order chi connectivity index (χ0) is 9.14. The Morgan fingerprint density at radius 2 is 2.17 bits per heavy atom. The molecule has 3 heteroatoms. The first-order chi connectivity index (χ1) is 5.63. The van der Waals surface area contributed by atoms with Gasteiger partial charge in [-0.25, -0.2) is 4.39 Å². The number of halogens is 2. The van der Waals surface area contributed by atoms with E-state index in [1.165, 1.54) is 18.2 Å². The zero-order valence-corrected chi connectivity index (χ0v) is 7.48. The molecule has 0 aromatic heterocycles. The molecule has 1 unspecified atom stereocenters. The molecule has 1 rings (SSSR count). The highest BCUT2D eigenvalue weighted by Gasteiger charge is 2.08. The van der Waals surface area contributed by atoms with Crippen molar-refractivity contribution in [3.05, 3.63) is 28.8 Å². The van der Waals surface area contributed by atoms with E-state index in [9.17, 15) is 4.39 Å². The number of hydrogen-bond acceptors (Lipinski definition) is 1. The lowest BCUT2D eigenvalue weighted by molar-refractivity contribution is 0.333. The van der Waals surface area contributed by atoms with Crippen molar-refractivity contribution in [2.45, 2.75) is 19.5 Å². The summed E-state index contributed by atoms with van der Waals surface area (Å²) < 4.78 is 13.1. The lowest BCUT2D eigenvalue weighted by atomic mass is 10.1. The Morgan fingerprint density at radius 3 is 2.67 bits per heavy atom. The van der Waals surface area contributed by atoms with E-state index < -0.39 is 6.17 Å². The highest BCUT2D eigenvalue weighted by atomic mass is 35.5. The predicted molar refractivity (Wildman–Crippen MR) is 47.3 cm³/mol. The highest BCUT2D eigenvalue weighted by molar-refractivity contribution is 6.30. The van der Waals surface area contributed by atoms with Crippen molar-refractivity contribution >= 4 is 11.6 Å². The quantitative estimate of drug-likeness (QED) is 0.754. The monoisotopic (exact) mass is 188 g/mol. The lowest BCUT2D eigenvalue weighted by Gasteiger charge is -2.06. The van der Waals surface area contributed by atoms with Crippen molar-refractivity contribution < 1.29 is 9.50 Å². The van der Waals surface area contributed by atoms with Crippen LogP contribution in [0.3, 0.4) is 0 Å². The van der Waals surface area contributed by atoms with Crippen molar-refractivity contribution in [2.75, 3.05) is 0 Å². The van der Waals surface area contributed by atoms with Gasteiger partial charge in [0.2, 0.25) is 0 Å². The molecule has 0 aliphatic heterocycles. The molecule has 0 saturated carbocycles. The summed E-state index contributed by atoms with van der Waals surface area (Å²) in [6.45, 7) is 1.74. The van der Waals surface area contributed by atoms with Gasteiger partial charge in [0, 0.05) is 5.02 Å². The van der Waals surface area contributed by atoms with Crippen LogP contribution >= 0.6 is 11.6 Å². The normalized spacial score (nSPS) is 12.9. The summed E-state index contributed by atoms with van der Waals surface area (Å²) in [5.74, 6) is 0.00796. The van der Waals surface area contributed by atoms with Crippen molar-refractivity contribution in [3.8, 4) is 5.75 Å². The van der Waals surface area contributed by atoms with Crippen LogP contribution in [0.5, 0.6) is 5.75 Å². The summed E-state index contributed by atoms with van der Waals surface area (Å²) in [4.78, 5) is 0. The average molecular weight is 189 g/mol. The second kappa shape index (κ2) is 3.76. The molecule has 1 aromatic carbocycles. The molecule has 1 atom stereocenters. The largest absolute Gasteiger partial charge is 0.508 e. The molecule has 0 aliphatic rings. The van der Waals surface area contributed by atoms with Gasteiger partial charge in [-0.2, -0.15) is 0 Å². The molecule has 0 bridgehead atoms. The van der Waals surface area contributed by atoms with Gasteiger partial charge in [-0.15, -0.1) is 0 Å². The third kappa shape index (κ3) is 2.11. The summed E-state index contributed by atoms with van der Waals surface area (Å²) >= 11 is 5.62. The van der Waals surface area contributed by atoms with Gasteiger partial charge in [0.1, 0.15) is 11.9 Å². The zero-order valence-electron chi connectivity index (χ0n) is 6.72. The predicted octanol–water partition coefficient (Wildman–Crippen LogP) is 3.47. The molecular formula is C9H10ClFO. The number of phenols is 1. The first kappa shape index (κ1) is 9.33. The van der Waals surface area contributed by atoms with E-state index in [1.54, 1.807) is 6.92 Å². The van der Waals surface area contributed by atoms with Crippen LogP contribution in [0.2, 0.25) is 5.02 Å². The van der Waals surface area contributed by atoms with Gasteiger partial charge in [-0.05, 0) is 30.2 Å². The maximum atomic E-state index is 13.1. The number of phenolic OH excluding ortho intramolecular Hbond substituents is 1. The van der Waals surface area contributed by atoms with Gasteiger partial charge in [0.15, 0.2) is 0 Å². The van der Waals surface area contributed by atoms with Crippen LogP contribution in [0.1, 0.15) is 25.1 Å². The van der Waals surface area contributed by atoms with Crippen molar-refractivity contribution in [1.29, 1.82) is 0 Å². The van der Waals surface area contributed by atoms with Gasteiger partial charge in [0.25, 0.3) is 0 Å². The number of alkyl halides is 1. The van der Waals surface area contributed by atoms with E-state index in [4.69, 9.17) is 16.7 Å². The van der Waals surface area contributed by atoms with Crippen molar-refractivity contribution in [2.24, 2.45) is 0 Å². The topological polar surface area (TPSA) is 20.2 Å². The number of benzene rings is 1. The van der Waals surface area contributed by atoms with E-state index in [2.05, 4.69) is 0 Å². The third-order valence-electron chi connectivity index (χ3n) is 1.62. The minimum atomic E-state index is -1.05. The molecule has 1 N–H and O–H groups in total. The van der Waals surface area contributed by atoms with Crippen LogP contribution in [0.25, 0.3) is 0 Å². The van der Waals surface area contributed by atoms with Crippen LogP contribution in [-0.2, 0) is 0 Å². The fourth-order valence-corrected chi connectivity index (χ4v) is 1.25. The SMILES string of the molecule is CCC(F)c1cc(O)cc(Cl)c1. The summed E-state index contributed by atoms with van der Waals surface area (Å²) in [5, 5.41) is 9.45. The molecule has 1 aromatic rings. The van der Waals surface area contributed by atoms with E-state index in [1.807, 2.05) is 0 Å². The van der Waals surface area contributed by atoms with E-state index in [0.717, 1.165) is 0 Å². The molecule has 0 radical (unpaired) electrons. The maximum absolute atomic E-state index is 13.1. The molecule has 0 heterocycles. The van der Waals surface area contributed by atoms with Crippen molar-refractivity contribution in [3.63, 3.8) is 0 Å². The van der Waals surface area contributed by atoms with Gasteiger partial charge in [-0.1, -0.05) is 18.5 Å². The van der Waals surface area contributed by atoms with E-state index >= 15 is 0 Å². The van der Waals surface area contributed by atoms with Gasteiger partial charge in [-0.3, -0.25) is 0 Å². The molecule has 0 aliphatic carbocycles. The van der Waals surface area contributed by atoms with Crippen molar-refractivity contribution in [1.82, 2.24) is 0 Å². The number of rotatable bonds is 2. The Morgan fingerprint density at radius 1 is 1.50 bits per heavy atom. The van der Waals surface area contributed by atoms with E-state index in [-0.39, 0.29) is 5.75 Å². The average Bonchev–Trinajstić information content (AvgIpc) is 2.01. The molecule has 66 valence electrons. The molecule has 1 nitrogen and oxygen atoms in total. The number of hydrogen-bond donors (Lipinski definition) is 1. The summed E-state index contributed by atoms with van der Waals surface area (Å²) in [6.07, 6.45) is -0.658. The van der Waals surface area contributed by atoms with Gasteiger partial charge < -0.3 is 5.11 Å². The summed E-state index contributed by atoms with van der Waals surface area (Å²) in [7, 11) is 0. The Bertz CT molecular complexity index is 255. The Kier molecular flexibility index (Phi) is 2.93. The van der Waals surface area contributed by atoms with E-state index in [0.29, 0.717) is 17.0 Å². The van der Waals surface area contributed by atoms with Crippen LogP contribution in [-0.4, -0.2) is 5.11 Å². The molecule has 0 fully saturated rings. The lowest BCUT2D eigenvalue weighted by Crippen LogP contribution is -1.88. The smallest absolute Gasteiger partial charge is 0.125 e. The third-order valence-corrected chi connectivity index (χ3v) is 1.84. The number of aromatic hydroxyl groups is 1. The first-order valence-electron chi connectivity index (χ1n) is 3.77. The fraction of sp³-hybridized carbons (Fsp3) is 0.333.